The van der Waals surface area contributed by atoms with Crippen LogP contribution < -0.4 is 4.90 Å². The van der Waals surface area contributed by atoms with E-state index in [1.807, 2.05) is 6.92 Å². The van der Waals surface area contributed by atoms with Crippen molar-refractivity contribution in [3.8, 4) is 0 Å². The standard InChI is InChI=1S/C15H16N6O2/c1-9-4-11(19-18-9)15(23)20-3-2-12-13(20)5-14(22)21(12)10-6-16-8-17-7-10/h4,6-8,12-13H,2-3,5H2,1H3,(H,18,19)/t12-,13-/m0/s1. The van der Waals surface area contributed by atoms with E-state index >= 15 is 0 Å². The maximum atomic E-state index is 12.6. The second kappa shape index (κ2) is 5.15. The average Bonchev–Trinajstić information content (AvgIpc) is 3.22. The van der Waals surface area contributed by atoms with E-state index in [1.165, 1.54) is 6.33 Å². The Labute approximate surface area is 132 Å². The number of carbonyl (C=O) groups is 2. The molecule has 8 heteroatoms. The number of hydrogen-bond acceptors (Lipinski definition) is 5. The summed E-state index contributed by atoms with van der Waals surface area (Å²) in [4.78, 5) is 36.5. The number of fused-ring (bicyclic) bond motifs is 1. The van der Waals surface area contributed by atoms with Gasteiger partial charge in [-0.25, -0.2) is 9.97 Å². The van der Waals surface area contributed by atoms with Crippen molar-refractivity contribution < 1.29 is 9.59 Å². The zero-order valence-corrected chi connectivity index (χ0v) is 12.6. The molecule has 2 aliphatic rings. The highest BCUT2D eigenvalue weighted by molar-refractivity contribution is 5.99. The summed E-state index contributed by atoms with van der Waals surface area (Å²) in [5.74, 6) is -0.119. The first-order valence-corrected chi connectivity index (χ1v) is 7.55. The molecule has 1 N–H and O–H groups in total. The minimum Gasteiger partial charge on any atom is -0.332 e. The lowest BCUT2D eigenvalue weighted by atomic mass is 10.1. The SMILES string of the molecule is Cc1cc(C(=O)N2CC[C@H]3[C@@H]2CC(=O)N3c2cncnc2)n[nH]1. The first-order valence-electron chi connectivity index (χ1n) is 7.55. The molecule has 0 unspecified atom stereocenters. The van der Waals surface area contributed by atoms with Crippen LogP contribution in [0.5, 0.6) is 0 Å². The van der Waals surface area contributed by atoms with Gasteiger partial charge in [-0.05, 0) is 19.4 Å². The van der Waals surface area contributed by atoms with Crippen molar-refractivity contribution in [3.63, 3.8) is 0 Å². The van der Waals surface area contributed by atoms with Crippen LogP contribution in [0.2, 0.25) is 0 Å². The molecule has 2 fully saturated rings. The second-order valence-corrected chi connectivity index (χ2v) is 5.92. The number of carbonyl (C=O) groups excluding carboxylic acids is 2. The molecule has 0 saturated carbocycles. The molecule has 0 aliphatic carbocycles. The molecule has 23 heavy (non-hydrogen) atoms. The Morgan fingerprint density at radius 2 is 2.09 bits per heavy atom. The molecule has 0 spiro atoms. The molecule has 2 atom stereocenters. The van der Waals surface area contributed by atoms with Crippen LogP contribution in [0.15, 0.2) is 24.8 Å². The number of likely N-dealkylation sites (tertiary alicyclic amines) is 1. The van der Waals surface area contributed by atoms with E-state index in [2.05, 4.69) is 20.2 Å². The zero-order chi connectivity index (χ0) is 16.0. The predicted octanol–water partition coefficient (Wildman–Crippen LogP) is 0.528. The van der Waals surface area contributed by atoms with Gasteiger partial charge in [0, 0.05) is 18.7 Å². The predicted molar refractivity (Wildman–Crippen MR) is 80.7 cm³/mol. The molecule has 2 aromatic heterocycles. The quantitative estimate of drug-likeness (QED) is 0.872. The fraction of sp³-hybridized carbons (Fsp3) is 0.400. The lowest BCUT2D eigenvalue weighted by Crippen LogP contribution is -2.40. The molecule has 2 aromatic rings. The minimum absolute atomic E-state index is 0.00510. The highest BCUT2D eigenvalue weighted by Gasteiger charge is 2.49. The third kappa shape index (κ3) is 2.18. The fourth-order valence-corrected chi connectivity index (χ4v) is 3.52. The van der Waals surface area contributed by atoms with E-state index in [-0.39, 0.29) is 23.9 Å². The van der Waals surface area contributed by atoms with Crippen LogP contribution in [0.1, 0.15) is 29.0 Å². The molecule has 2 amide bonds. The Hall–Kier alpha value is -2.77. The van der Waals surface area contributed by atoms with E-state index < -0.39 is 0 Å². The summed E-state index contributed by atoms with van der Waals surface area (Å²) in [5.41, 5.74) is 1.93. The number of H-pyrrole nitrogens is 1. The summed E-state index contributed by atoms with van der Waals surface area (Å²) >= 11 is 0. The Bertz CT molecular complexity index is 758. The maximum Gasteiger partial charge on any atom is 0.274 e. The van der Waals surface area contributed by atoms with Crippen LogP contribution in [0.4, 0.5) is 5.69 Å². The number of hydrogen-bond donors (Lipinski definition) is 1. The van der Waals surface area contributed by atoms with Crippen molar-refractivity contribution >= 4 is 17.5 Å². The highest BCUT2D eigenvalue weighted by atomic mass is 16.2. The number of aryl methyl sites for hydroxylation is 1. The molecule has 0 radical (unpaired) electrons. The maximum absolute atomic E-state index is 12.6. The summed E-state index contributed by atoms with van der Waals surface area (Å²) in [6, 6.07) is 1.60. The fourth-order valence-electron chi connectivity index (χ4n) is 3.52. The number of rotatable bonds is 2. The van der Waals surface area contributed by atoms with Gasteiger partial charge in [-0.3, -0.25) is 14.7 Å². The van der Waals surface area contributed by atoms with Gasteiger partial charge in [-0.1, -0.05) is 0 Å². The van der Waals surface area contributed by atoms with Crippen molar-refractivity contribution in [2.24, 2.45) is 0 Å². The van der Waals surface area contributed by atoms with E-state index in [4.69, 9.17) is 0 Å². The van der Waals surface area contributed by atoms with Crippen LogP contribution in [0, 0.1) is 6.92 Å². The van der Waals surface area contributed by atoms with Crippen molar-refractivity contribution in [2.45, 2.75) is 31.8 Å². The third-order valence-corrected chi connectivity index (χ3v) is 4.51. The number of aromatic amines is 1. The second-order valence-electron chi connectivity index (χ2n) is 5.92. The number of nitrogens with one attached hydrogen (secondary N) is 1. The number of nitrogens with zero attached hydrogens (tertiary/aromatic N) is 5. The summed E-state index contributed by atoms with van der Waals surface area (Å²) in [6.07, 6.45) is 5.78. The van der Waals surface area contributed by atoms with E-state index in [0.717, 1.165) is 12.1 Å². The van der Waals surface area contributed by atoms with Crippen LogP contribution in [0.3, 0.4) is 0 Å². The average molecular weight is 312 g/mol. The molecule has 0 bridgehead atoms. The van der Waals surface area contributed by atoms with Gasteiger partial charge >= 0.3 is 0 Å². The van der Waals surface area contributed by atoms with E-state index in [9.17, 15) is 9.59 Å². The summed E-state index contributed by atoms with van der Waals surface area (Å²) in [6.45, 7) is 2.48. The van der Waals surface area contributed by atoms with Gasteiger partial charge in [0.1, 0.15) is 12.0 Å². The van der Waals surface area contributed by atoms with Crippen molar-refractivity contribution in [1.29, 1.82) is 0 Å². The lowest BCUT2D eigenvalue weighted by molar-refractivity contribution is -0.117. The minimum atomic E-state index is -0.124. The molecule has 118 valence electrons. The van der Waals surface area contributed by atoms with Crippen molar-refractivity contribution in [2.75, 3.05) is 11.4 Å². The number of anilines is 1. The van der Waals surface area contributed by atoms with Crippen molar-refractivity contribution in [3.05, 3.63) is 36.2 Å². The van der Waals surface area contributed by atoms with Gasteiger partial charge in [0.15, 0.2) is 0 Å². The van der Waals surface area contributed by atoms with E-state index in [0.29, 0.717) is 24.3 Å². The molecule has 0 aromatic carbocycles. The van der Waals surface area contributed by atoms with Gasteiger partial charge in [-0.15, -0.1) is 0 Å². The van der Waals surface area contributed by atoms with Crippen LogP contribution in [-0.4, -0.2) is 55.5 Å². The molecule has 2 aliphatic heterocycles. The molecular formula is C15H16N6O2. The Morgan fingerprint density at radius 3 is 2.78 bits per heavy atom. The molecular weight excluding hydrogens is 296 g/mol. The van der Waals surface area contributed by atoms with Gasteiger partial charge in [-0.2, -0.15) is 5.10 Å². The molecule has 8 nitrogen and oxygen atoms in total. The summed E-state index contributed by atoms with van der Waals surface area (Å²) < 4.78 is 0. The number of amides is 2. The number of aromatic nitrogens is 4. The van der Waals surface area contributed by atoms with Crippen molar-refractivity contribution in [1.82, 2.24) is 25.1 Å². The van der Waals surface area contributed by atoms with E-state index in [1.54, 1.807) is 28.3 Å². The largest absolute Gasteiger partial charge is 0.332 e. The normalized spacial score (nSPS) is 23.4. The van der Waals surface area contributed by atoms with Gasteiger partial charge < -0.3 is 9.80 Å². The van der Waals surface area contributed by atoms with Gasteiger partial charge in [0.2, 0.25) is 5.91 Å². The lowest BCUT2D eigenvalue weighted by Gasteiger charge is -2.24. The Balaban J connectivity index is 1.60. The van der Waals surface area contributed by atoms with Crippen LogP contribution in [-0.2, 0) is 4.79 Å². The highest BCUT2D eigenvalue weighted by Crippen LogP contribution is 2.36. The third-order valence-electron chi connectivity index (χ3n) is 4.51. The smallest absolute Gasteiger partial charge is 0.274 e. The van der Waals surface area contributed by atoms with Crippen LogP contribution >= 0.6 is 0 Å². The van der Waals surface area contributed by atoms with Gasteiger partial charge in [0.25, 0.3) is 5.91 Å². The summed E-state index contributed by atoms with van der Waals surface area (Å²) in [7, 11) is 0. The molecule has 2 saturated heterocycles. The molecule has 4 rings (SSSR count). The van der Waals surface area contributed by atoms with Crippen LogP contribution in [0.25, 0.3) is 0 Å². The zero-order valence-electron chi connectivity index (χ0n) is 12.6. The monoisotopic (exact) mass is 312 g/mol. The summed E-state index contributed by atoms with van der Waals surface area (Å²) in [5, 5.41) is 6.82. The molecule has 4 heterocycles. The Kier molecular flexibility index (Phi) is 3.10. The topological polar surface area (TPSA) is 95.1 Å². The first-order chi connectivity index (χ1) is 11.1. The van der Waals surface area contributed by atoms with Gasteiger partial charge in [0.05, 0.1) is 30.2 Å². The first kappa shape index (κ1) is 13.9. The Morgan fingerprint density at radius 1 is 1.30 bits per heavy atom.